The monoisotopic (exact) mass is 440 g/mol. The summed E-state index contributed by atoms with van der Waals surface area (Å²) in [7, 11) is 1.48. The van der Waals surface area contributed by atoms with Crippen molar-refractivity contribution in [1.82, 2.24) is 0 Å². The van der Waals surface area contributed by atoms with Gasteiger partial charge < -0.3 is 28.5 Å². The molecule has 0 spiro atoms. The van der Waals surface area contributed by atoms with Gasteiger partial charge in [-0.05, 0) is 25.0 Å². The van der Waals surface area contributed by atoms with E-state index in [0.717, 1.165) is 17.4 Å². The highest BCUT2D eigenvalue weighted by molar-refractivity contribution is 5.57. The van der Waals surface area contributed by atoms with Crippen LogP contribution in [0.1, 0.15) is 25.0 Å². The van der Waals surface area contributed by atoms with Crippen molar-refractivity contribution < 1.29 is 28.5 Å². The van der Waals surface area contributed by atoms with E-state index >= 15 is 0 Å². The Morgan fingerprint density at radius 1 is 0.938 bits per heavy atom. The number of hydrogen-bond donors (Lipinski definition) is 0. The molecule has 2 aromatic carbocycles. The third kappa shape index (κ3) is 6.34. The second-order valence-corrected chi connectivity index (χ2v) is 8.16. The molecule has 0 saturated carbocycles. The summed E-state index contributed by atoms with van der Waals surface area (Å²) in [6.07, 6.45) is -0.728. The van der Waals surface area contributed by atoms with Crippen molar-refractivity contribution in [2.24, 2.45) is 0 Å². The van der Waals surface area contributed by atoms with Crippen LogP contribution in [0.4, 0.5) is 0 Å². The van der Waals surface area contributed by atoms with Gasteiger partial charge in [-0.25, -0.2) is 0 Å². The van der Waals surface area contributed by atoms with E-state index in [2.05, 4.69) is 6.58 Å². The minimum atomic E-state index is -0.887. The summed E-state index contributed by atoms with van der Waals surface area (Å²) in [5, 5.41) is 0. The number of methoxy groups -OCH3 is 1. The van der Waals surface area contributed by atoms with Gasteiger partial charge >= 0.3 is 0 Å². The molecule has 0 aliphatic carbocycles. The SMILES string of the molecule is C=C[C@@H](OCc1ccccc1)[C@H]1OC(C)(C)O[C@H]1[C@@H](OCc1ccccc1)[C@@H](C=O)OC. The number of hydrogen-bond acceptors (Lipinski definition) is 6. The summed E-state index contributed by atoms with van der Waals surface area (Å²) in [6, 6.07) is 19.6. The van der Waals surface area contributed by atoms with Gasteiger partial charge in [0.05, 0.1) is 13.2 Å². The van der Waals surface area contributed by atoms with Crippen LogP contribution in [0, 0.1) is 0 Å². The average molecular weight is 441 g/mol. The quantitative estimate of drug-likeness (QED) is 0.366. The second kappa shape index (κ2) is 11.5. The average Bonchev–Trinajstić information content (AvgIpc) is 3.13. The lowest BCUT2D eigenvalue weighted by Gasteiger charge is -2.32. The number of rotatable bonds is 12. The molecule has 1 fully saturated rings. The molecular formula is C26H32O6. The van der Waals surface area contributed by atoms with Crippen LogP contribution < -0.4 is 0 Å². The smallest absolute Gasteiger partial charge is 0.164 e. The van der Waals surface area contributed by atoms with Gasteiger partial charge in [0.25, 0.3) is 0 Å². The molecule has 1 heterocycles. The van der Waals surface area contributed by atoms with Crippen LogP contribution in [0.25, 0.3) is 0 Å². The van der Waals surface area contributed by atoms with Crippen LogP contribution in [-0.4, -0.2) is 49.7 Å². The molecule has 172 valence electrons. The summed E-state index contributed by atoms with van der Waals surface area (Å²) >= 11 is 0. The van der Waals surface area contributed by atoms with Gasteiger partial charge in [0.2, 0.25) is 0 Å². The van der Waals surface area contributed by atoms with Crippen LogP contribution in [-0.2, 0) is 41.7 Å². The summed E-state index contributed by atoms with van der Waals surface area (Å²) in [4.78, 5) is 11.8. The number of benzene rings is 2. The zero-order valence-corrected chi connectivity index (χ0v) is 18.9. The first kappa shape index (κ1) is 24.3. The number of carbonyl (C=O) groups is 1. The van der Waals surface area contributed by atoms with Gasteiger partial charge in [0.1, 0.15) is 30.5 Å². The first-order valence-electron chi connectivity index (χ1n) is 10.7. The van der Waals surface area contributed by atoms with Gasteiger partial charge in [-0.1, -0.05) is 66.7 Å². The van der Waals surface area contributed by atoms with Gasteiger partial charge in [-0.15, -0.1) is 6.58 Å². The maximum absolute atomic E-state index is 11.8. The van der Waals surface area contributed by atoms with Crippen LogP contribution >= 0.6 is 0 Å². The van der Waals surface area contributed by atoms with Crippen molar-refractivity contribution in [3.05, 3.63) is 84.4 Å². The largest absolute Gasteiger partial charge is 0.371 e. The molecule has 0 aromatic heterocycles. The lowest BCUT2D eigenvalue weighted by Crippen LogP contribution is -2.50. The molecule has 1 aliphatic heterocycles. The topological polar surface area (TPSA) is 63.2 Å². The Labute approximate surface area is 190 Å². The van der Waals surface area contributed by atoms with Crippen LogP contribution in [0.15, 0.2) is 73.3 Å². The Bertz CT molecular complexity index is 838. The van der Waals surface area contributed by atoms with Crippen molar-refractivity contribution in [1.29, 1.82) is 0 Å². The Kier molecular flexibility index (Phi) is 8.73. The first-order valence-corrected chi connectivity index (χ1v) is 10.7. The van der Waals surface area contributed by atoms with Crippen molar-refractivity contribution in [2.45, 2.75) is 63.4 Å². The van der Waals surface area contributed by atoms with Crippen molar-refractivity contribution >= 4 is 6.29 Å². The van der Waals surface area contributed by atoms with Gasteiger partial charge in [0.15, 0.2) is 12.1 Å². The molecule has 0 N–H and O–H groups in total. The molecule has 0 radical (unpaired) electrons. The molecular weight excluding hydrogens is 408 g/mol. The summed E-state index contributed by atoms with van der Waals surface area (Å²) in [5.41, 5.74) is 2.02. The molecule has 1 saturated heterocycles. The summed E-state index contributed by atoms with van der Waals surface area (Å²) < 4.78 is 30.2. The Balaban J connectivity index is 1.80. The first-order chi connectivity index (χ1) is 15.5. The molecule has 3 rings (SSSR count). The molecule has 32 heavy (non-hydrogen) atoms. The fraction of sp³-hybridized carbons (Fsp3) is 0.423. The molecule has 0 amide bonds. The summed E-state index contributed by atoms with van der Waals surface area (Å²) in [5.74, 6) is -0.887. The zero-order chi connectivity index (χ0) is 23.0. The maximum atomic E-state index is 11.8. The van der Waals surface area contributed by atoms with Crippen LogP contribution in [0.5, 0.6) is 0 Å². The maximum Gasteiger partial charge on any atom is 0.164 e. The molecule has 5 atom stereocenters. The molecule has 0 bridgehead atoms. The summed E-state index contributed by atoms with van der Waals surface area (Å²) in [6.45, 7) is 8.28. The van der Waals surface area contributed by atoms with Gasteiger partial charge in [-0.3, -0.25) is 0 Å². The number of carbonyl (C=O) groups excluding carboxylic acids is 1. The predicted molar refractivity (Wildman–Crippen MR) is 121 cm³/mol. The lowest BCUT2D eigenvalue weighted by atomic mass is 9.99. The highest BCUT2D eigenvalue weighted by Gasteiger charge is 2.51. The Hall–Kier alpha value is -2.35. The third-order valence-electron chi connectivity index (χ3n) is 5.34. The van der Waals surface area contributed by atoms with Crippen molar-refractivity contribution in [2.75, 3.05) is 7.11 Å². The van der Waals surface area contributed by atoms with E-state index in [9.17, 15) is 4.79 Å². The number of aldehydes is 1. The van der Waals surface area contributed by atoms with E-state index in [4.69, 9.17) is 23.7 Å². The molecule has 6 heteroatoms. The van der Waals surface area contributed by atoms with Gasteiger partial charge in [0, 0.05) is 7.11 Å². The Morgan fingerprint density at radius 2 is 1.47 bits per heavy atom. The van der Waals surface area contributed by atoms with Crippen LogP contribution in [0.2, 0.25) is 0 Å². The number of ether oxygens (including phenoxy) is 5. The van der Waals surface area contributed by atoms with Gasteiger partial charge in [-0.2, -0.15) is 0 Å². The minimum absolute atomic E-state index is 0.301. The van der Waals surface area contributed by atoms with Crippen LogP contribution in [0.3, 0.4) is 0 Å². The highest BCUT2D eigenvalue weighted by atomic mass is 16.8. The van der Waals surface area contributed by atoms with E-state index in [1.807, 2.05) is 74.5 Å². The normalized spacial score (nSPS) is 22.7. The molecule has 1 aliphatic rings. The fourth-order valence-corrected chi connectivity index (χ4v) is 3.80. The Morgan fingerprint density at radius 3 is 1.97 bits per heavy atom. The fourth-order valence-electron chi connectivity index (χ4n) is 3.80. The molecule has 0 unspecified atom stereocenters. The highest BCUT2D eigenvalue weighted by Crippen LogP contribution is 2.35. The molecule has 6 nitrogen and oxygen atoms in total. The third-order valence-corrected chi connectivity index (χ3v) is 5.34. The lowest BCUT2D eigenvalue weighted by molar-refractivity contribution is -0.176. The van der Waals surface area contributed by atoms with Crippen molar-refractivity contribution in [3.8, 4) is 0 Å². The standard InChI is InChI=1S/C26H32O6/c1-5-21(29-17-19-12-8-6-9-13-19)24-25(32-26(2,3)31-24)23(22(16-27)28-4)30-18-20-14-10-7-11-15-20/h5-16,21-25H,1,17-18H2,2-4H3/t21-,22-,23+,24-,25+/m1/s1. The van der Waals surface area contributed by atoms with E-state index < -0.39 is 36.3 Å². The van der Waals surface area contributed by atoms with E-state index in [1.165, 1.54) is 7.11 Å². The van der Waals surface area contributed by atoms with E-state index in [1.54, 1.807) is 6.08 Å². The minimum Gasteiger partial charge on any atom is -0.371 e. The molecule has 2 aromatic rings. The van der Waals surface area contributed by atoms with E-state index in [0.29, 0.717) is 13.2 Å². The second-order valence-electron chi connectivity index (χ2n) is 8.16. The predicted octanol–water partition coefficient (Wildman–Crippen LogP) is 4.08. The van der Waals surface area contributed by atoms with E-state index in [-0.39, 0.29) is 0 Å². The zero-order valence-electron chi connectivity index (χ0n) is 18.9. The van der Waals surface area contributed by atoms with Crippen molar-refractivity contribution in [3.63, 3.8) is 0 Å².